The summed E-state index contributed by atoms with van der Waals surface area (Å²) in [5, 5.41) is 3.34. The summed E-state index contributed by atoms with van der Waals surface area (Å²) in [6, 6.07) is 16.4. The van der Waals surface area contributed by atoms with Gasteiger partial charge in [0, 0.05) is 30.6 Å². The zero-order valence-electron chi connectivity index (χ0n) is 22.5. The van der Waals surface area contributed by atoms with Crippen LogP contribution in [-0.2, 0) is 10.0 Å². The summed E-state index contributed by atoms with van der Waals surface area (Å²) < 4.78 is 52.0. The third-order valence-electron chi connectivity index (χ3n) is 6.57. The fourth-order valence-corrected chi connectivity index (χ4v) is 5.65. The number of halogens is 2. The first-order chi connectivity index (χ1) is 18.2. The van der Waals surface area contributed by atoms with Gasteiger partial charge in [0.1, 0.15) is 28.7 Å². The van der Waals surface area contributed by atoms with Crippen LogP contribution in [0.25, 0.3) is 22.3 Å². The molecule has 5 rings (SSSR count). The summed E-state index contributed by atoms with van der Waals surface area (Å²) >= 11 is 0. The molecule has 1 saturated carbocycles. The van der Waals surface area contributed by atoms with Crippen LogP contribution >= 0.6 is 0 Å². The second-order valence-electron chi connectivity index (χ2n) is 9.48. The van der Waals surface area contributed by atoms with E-state index in [-0.39, 0.29) is 36.2 Å². The summed E-state index contributed by atoms with van der Waals surface area (Å²) in [5.74, 6) is 1.02. The number of hydrogen-bond donors (Lipinski definition) is 2. The third-order valence-corrected chi connectivity index (χ3v) is 7.75. The Balaban J connectivity index is 0.00000220. The molecular weight excluding hydrogens is 557 g/mol. The normalized spacial score (nSPS) is 12.8. The van der Waals surface area contributed by atoms with Crippen LogP contribution in [0, 0.1) is 5.82 Å². The molecule has 1 aliphatic rings. The predicted molar refractivity (Wildman–Crippen MR) is 151 cm³/mol. The SMILES string of the molecule is CCCN(c1cc2oc(-c3ccc(Oc4ccc(F)cc4)cc3)c(C(=O)NC)c2cc1C1CC1)S(C)(=O)=O.N.[Cl-]. The molecule has 1 heterocycles. The molecule has 1 amide bonds. The van der Waals surface area contributed by atoms with E-state index in [1.807, 2.05) is 13.0 Å². The number of sulfonamides is 1. The summed E-state index contributed by atoms with van der Waals surface area (Å²) in [4.78, 5) is 13.1. The molecule has 0 aliphatic heterocycles. The van der Waals surface area contributed by atoms with E-state index in [0.717, 1.165) is 18.4 Å². The van der Waals surface area contributed by atoms with Crippen LogP contribution in [0.15, 0.2) is 65.1 Å². The number of furan rings is 1. The number of amides is 1. The van der Waals surface area contributed by atoms with Gasteiger partial charge in [-0.05, 0) is 85.3 Å². The van der Waals surface area contributed by atoms with Gasteiger partial charge in [-0.1, -0.05) is 6.92 Å². The maximum Gasteiger partial charge on any atom is 0.255 e. The number of benzene rings is 3. The van der Waals surface area contributed by atoms with Crippen LogP contribution in [0.1, 0.15) is 48.0 Å². The maximum absolute atomic E-state index is 13.2. The molecule has 0 saturated heterocycles. The number of anilines is 1. The Morgan fingerprint density at radius 2 is 1.68 bits per heavy atom. The molecule has 8 nitrogen and oxygen atoms in total. The summed E-state index contributed by atoms with van der Waals surface area (Å²) in [7, 11) is -1.95. The van der Waals surface area contributed by atoms with Gasteiger partial charge in [0.15, 0.2) is 0 Å². The van der Waals surface area contributed by atoms with Crippen molar-refractivity contribution in [3.8, 4) is 22.8 Å². The standard InChI is InChI=1S/C29H29FN2O5S.ClH.H3N/c1-4-15-32(38(3,34)35)25-17-26-24(16-23(25)18-5-6-18)27(29(33)31-2)28(37-26)19-7-11-21(12-8-19)36-22-13-9-20(30)10-14-22;;/h7-14,16-18H,4-6,15H2,1-3H3,(H,31,33);1H;1H3/p-1. The molecule has 0 radical (unpaired) electrons. The van der Waals surface area contributed by atoms with Crippen molar-refractivity contribution in [3.63, 3.8) is 0 Å². The lowest BCUT2D eigenvalue weighted by atomic mass is 10.0. The van der Waals surface area contributed by atoms with E-state index < -0.39 is 10.0 Å². The maximum atomic E-state index is 13.2. The van der Waals surface area contributed by atoms with Crippen LogP contribution < -0.4 is 32.9 Å². The Morgan fingerprint density at radius 1 is 1.07 bits per heavy atom. The topological polar surface area (TPSA) is 124 Å². The largest absolute Gasteiger partial charge is 1.00 e. The summed E-state index contributed by atoms with van der Waals surface area (Å²) in [5.41, 5.74) is 3.02. The van der Waals surface area contributed by atoms with Crippen LogP contribution in [-0.4, -0.2) is 34.2 Å². The lowest BCUT2D eigenvalue weighted by molar-refractivity contribution is -0.0000203. The van der Waals surface area contributed by atoms with Gasteiger partial charge in [0.05, 0.1) is 17.5 Å². The average molecular weight is 589 g/mol. The van der Waals surface area contributed by atoms with Crippen LogP contribution in [0.5, 0.6) is 11.5 Å². The highest BCUT2D eigenvalue weighted by atomic mass is 35.5. The van der Waals surface area contributed by atoms with Gasteiger partial charge in [-0.2, -0.15) is 0 Å². The van der Waals surface area contributed by atoms with Gasteiger partial charge < -0.3 is 33.0 Å². The Kier molecular flexibility index (Phi) is 9.50. The predicted octanol–water partition coefficient (Wildman–Crippen LogP) is 3.61. The van der Waals surface area contributed by atoms with Crippen molar-refractivity contribution < 1.29 is 39.2 Å². The van der Waals surface area contributed by atoms with Gasteiger partial charge in [0.2, 0.25) is 10.0 Å². The second-order valence-corrected chi connectivity index (χ2v) is 11.4. The van der Waals surface area contributed by atoms with Crippen molar-refractivity contribution in [1.29, 1.82) is 0 Å². The quantitative estimate of drug-likeness (QED) is 0.308. The van der Waals surface area contributed by atoms with Crippen molar-refractivity contribution in [2.45, 2.75) is 32.1 Å². The lowest BCUT2D eigenvalue weighted by Crippen LogP contribution is -3.00. The molecular formula is C29H32ClFN3O5S-. The number of rotatable bonds is 9. The minimum absolute atomic E-state index is 0. The molecule has 3 aromatic carbocycles. The second kappa shape index (κ2) is 12.3. The third kappa shape index (κ3) is 6.24. The minimum atomic E-state index is -3.51. The van der Waals surface area contributed by atoms with Crippen molar-refractivity contribution in [2.75, 3.05) is 24.2 Å². The van der Waals surface area contributed by atoms with Crippen LogP contribution in [0.3, 0.4) is 0 Å². The Hall–Kier alpha value is -3.60. The molecule has 4 N–H and O–H groups in total. The molecule has 214 valence electrons. The van der Waals surface area contributed by atoms with Crippen LogP contribution in [0.4, 0.5) is 10.1 Å². The van der Waals surface area contributed by atoms with E-state index in [0.29, 0.717) is 58.0 Å². The van der Waals surface area contributed by atoms with Crippen molar-refractivity contribution in [1.82, 2.24) is 11.5 Å². The highest BCUT2D eigenvalue weighted by molar-refractivity contribution is 7.92. The number of carbonyl (C=O) groups is 1. The lowest BCUT2D eigenvalue weighted by Gasteiger charge is -2.24. The number of fused-ring (bicyclic) bond motifs is 1. The monoisotopic (exact) mass is 588 g/mol. The smallest absolute Gasteiger partial charge is 0.255 e. The first-order valence-electron chi connectivity index (χ1n) is 12.5. The van der Waals surface area contributed by atoms with Gasteiger partial charge in [0.25, 0.3) is 5.91 Å². The molecule has 0 spiro atoms. The average Bonchev–Trinajstić information content (AvgIpc) is 3.67. The molecule has 1 aromatic heterocycles. The Morgan fingerprint density at radius 3 is 2.20 bits per heavy atom. The molecule has 11 heteroatoms. The van der Waals surface area contributed by atoms with E-state index in [4.69, 9.17) is 9.15 Å². The Labute approximate surface area is 239 Å². The van der Waals surface area contributed by atoms with E-state index in [1.54, 1.807) is 49.5 Å². The highest BCUT2D eigenvalue weighted by Crippen LogP contribution is 2.48. The molecule has 0 bridgehead atoms. The molecule has 0 atom stereocenters. The molecule has 40 heavy (non-hydrogen) atoms. The molecule has 1 fully saturated rings. The Bertz CT molecular complexity index is 1600. The highest BCUT2D eigenvalue weighted by Gasteiger charge is 2.32. The van der Waals surface area contributed by atoms with E-state index in [2.05, 4.69) is 5.32 Å². The zero-order chi connectivity index (χ0) is 27.0. The number of ether oxygens (including phenoxy) is 1. The number of carbonyl (C=O) groups excluding carboxylic acids is 1. The number of nitrogens with zero attached hydrogens (tertiary/aromatic N) is 1. The van der Waals surface area contributed by atoms with Crippen LogP contribution in [0.2, 0.25) is 0 Å². The minimum Gasteiger partial charge on any atom is -1.00 e. The van der Waals surface area contributed by atoms with Gasteiger partial charge in [-0.3, -0.25) is 9.10 Å². The van der Waals surface area contributed by atoms with E-state index >= 15 is 0 Å². The molecule has 1 aliphatic carbocycles. The van der Waals surface area contributed by atoms with E-state index in [1.165, 1.54) is 22.7 Å². The number of nitrogens with one attached hydrogen (secondary N) is 1. The van der Waals surface area contributed by atoms with Crippen molar-refractivity contribution in [2.24, 2.45) is 0 Å². The van der Waals surface area contributed by atoms with Gasteiger partial charge in [-0.25, -0.2) is 12.8 Å². The van der Waals surface area contributed by atoms with Gasteiger partial charge >= 0.3 is 0 Å². The summed E-state index contributed by atoms with van der Waals surface area (Å²) in [6.07, 6.45) is 3.81. The number of hydrogen-bond acceptors (Lipinski definition) is 6. The zero-order valence-corrected chi connectivity index (χ0v) is 24.1. The summed E-state index contributed by atoms with van der Waals surface area (Å²) in [6.45, 7) is 2.29. The molecule has 4 aromatic rings. The fourth-order valence-electron chi connectivity index (χ4n) is 4.62. The fraction of sp³-hybridized carbons (Fsp3) is 0.276. The van der Waals surface area contributed by atoms with E-state index in [9.17, 15) is 17.6 Å². The molecule has 0 unspecified atom stereocenters. The van der Waals surface area contributed by atoms with Crippen molar-refractivity contribution >= 4 is 32.6 Å². The van der Waals surface area contributed by atoms with Gasteiger partial charge in [-0.15, -0.1) is 0 Å². The first kappa shape index (κ1) is 30.9. The van der Waals surface area contributed by atoms with Crippen molar-refractivity contribution in [3.05, 3.63) is 77.6 Å². The first-order valence-corrected chi connectivity index (χ1v) is 14.4.